The van der Waals surface area contributed by atoms with Crippen LogP contribution >= 0.6 is 0 Å². The number of nitrogens with one attached hydrogen (secondary N) is 2. The van der Waals surface area contributed by atoms with E-state index in [2.05, 4.69) is 10.6 Å². The van der Waals surface area contributed by atoms with Crippen LogP contribution in [0.4, 0.5) is 4.79 Å². The van der Waals surface area contributed by atoms with Crippen molar-refractivity contribution in [3.63, 3.8) is 0 Å². The number of carboxylic acid groups (broad SMARTS) is 1. The fourth-order valence-electron chi connectivity index (χ4n) is 1.57. The lowest BCUT2D eigenvalue weighted by Gasteiger charge is -2.17. The van der Waals surface area contributed by atoms with Crippen LogP contribution in [0.3, 0.4) is 0 Å². The van der Waals surface area contributed by atoms with Crippen molar-refractivity contribution >= 4 is 17.9 Å². The van der Waals surface area contributed by atoms with Gasteiger partial charge in [-0.25, -0.2) is 9.59 Å². The van der Waals surface area contributed by atoms with Gasteiger partial charge in [0, 0.05) is 33.6 Å². The van der Waals surface area contributed by atoms with Crippen LogP contribution in [0.5, 0.6) is 0 Å². The number of hydrogen-bond donors (Lipinski definition) is 3. The molecule has 0 radical (unpaired) electrons. The first-order chi connectivity index (χ1) is 9.93. The molecule has 0 saturated heterocycles. The van der Waals surface area contributed by atoms with Gasteiger partial charge >= 0.3 is 12.0 Å². The first-order valence-electron chi connectivity index (χ1n) is 6.46. The number of carboxylic acids is 1. The standard InChI is InChI=1S/C14H19N3O4/c1-15-12(18)7-8-17(2)14(21)16-9-10-3-5-11(6-4-10)13(19)20/h3-6H,7-9H2,1-2H3,(H,15,18)(H,16,21)(H,19,20). The summed E-state index contributed by atoms with van der Waals surface area (Å²) in [6.07, 6.45) is 0.244. The van der Waals surface area contributed by atoms with E-state index >= 15 is 0 Å². The Balaban J connectivity index is 2.41. The number of carbonyl (C=O) groups is 3. The minimum Gasteiger partial charge on any atom is -0.478 e. The number of amides is 3. The number of aromatic carboxylic acids is 1. The second-order valence-corrected chi connectivity index (χ2v) is 4.51. The molecule has 0 saturated carbocycles. The van der Waals surface area contributed by atoms with E-state index in [4.69, 9.17) is 5.11 Å². The minimum atomic E-state index is -0.987. The molecule has 0 bridgehead atoms. The van der Waals surface area contributed by atoms with Gasteiger partial charge in [0.05, 0.1) is 5.56 Å². The molecular weight excluding hydrogens is 274 g/mol. The minimum absolute atomic E-state index is 0.126. The van der Waals surface area contributed by atoms with Crippen molar-refractivity contribution in [2.45, 2.75) is 13.0 Å². The normalized spacial score (nSPS) is 9.81. The number of nitrogens with zero attached hydrogens (tertiary/aromatic N) is 1. The average molecular weight is 293 g/mol. The predicted octanol–water partition coefficient (Wildman–Crippen LogP) is 0.662. The molecule has 0 aliphatic rings. The van der Waals surface area contributed by atoms with Crippen molar-refractivity contribution in [1.29, 1.82) is 0 Å². The SMILES string of the molecule is CNC(=O)CCN(C)C(=O)NCc1ccc(C(=O)O)cc1. The van der Waals surface area contributed by atoms with Crippen molar-refractivity contribution in [1.82, 2.24) is 15.5 Å². The molecule has 3 N–H and O–H groups in total. The van der Waals surface area contributed by atoms with Gasteiger partial charge in [0.25, 0.3) is 0 Å². The molecule has 7 heteroatoms. The quantitative estimate of drug-likeness (QED) is 0.717. The average Bonchev–Trinajstić information content (AvgIpc) is 2.50. The van der Waals surface area contributed by atoms with E-state index in [1.807, 2.05) is 0 Å². The van der Waals surface area contributed by atoms with Gasteiger partial charge in [-0.2, -0.15) is 0 Å². The van der Waals surface area contributed by atoms with Crippen LogP contribution in [0.25, 0.3) is 0 Å². The van der Waals surface area contributed by atoms with Crippen molar-refractivity contribution in [2.24, 2.45) is 0 Å². The fraction of sp³-hybridized carbons (Fsp3) is 0.357. The summed E-state index contributed by atoms with van der Waals surface area (Å²) < 4.78 is 0. The van der Waals surface area contributed by atoms with Crippen LogP contribution in [0.15, 0.2) is 24.3 Å². The zero-order chi connectivity index (χ0) is 15.8. The fourth-order valence-corrected chi connectivity index (χ4v) is 1.57. The lowest BCUT2D eigenvalue weighted by Crippen LogP contribution is -2.38. The number of urea groups is 1. The number of rotatable bonds is 6. The Hall–Kier alpha value is -2.57. The Bertz CT molecular complexity index is 513. The summed E-state index contributed by atoms with van der Waals surface area (Å²) in [5, 5.41) is 14.0. The third kappa shape index (κ3) is 5.52. The van der Waals surface area contributed by atoms with Crippen LogP contribution in [0.2, 0.25) is 0 Å². The van der Waals surface area contributed by atoms with Gasteiger partial charge in [0.2, 0.25) is 5.91 Å². The van der Waals surface area contributed by atoms with Crippen molar-refractivity contribution in [3.8, 4) is 0 Å². The Morgan fingerprint density at radius 1 is 1.19 bits per heavy atom. The lowest BCUT2D eigenvalue weighted by atomic mass is 10.1. The summed E-state index contributed by atoms with van der Waals surface area (Å²) in [6, 6.07) is 5.97. The molecule has 0 heterocycles. The summed E-state index contributed by atoms with van der Waals surface area (Å²) in [5.74, 6) is -1.11. The first-order valence-corrected chi connectivity index (χ1v) is 6.46. The lowest BCUT2D eigenvalue weighted by molar-refractivity contribution is -0.120. The molecule has 1 rings (SSSR count). The second-order valence-electron chi connectivity index (χ2n) is 4.51. The van der Waals surface area contributed by atoms with Gasteiger partial charge in [0.1, 0.15) is 0 Å². The van der Waals surface area contributed by atoms with Crippen LogP contribution in [0, 0.1) is 0 Å². The van der Waals surface area contributed by atoms with Gasteiger partial charge in [-0.05, 0) is 17.7 Å². The summed E-state index contributed by atoms with van der Waals surface area (Å²) >= 11 is 0. The van der Waals surface area contributed by atoms with Crippen LogP contribution in [0.1, 0.15) is 22.3 Å². The maximum atomic E-state index is 11.8. The Labute approximate surface area is 122 Å². The smallest absolute Gasteiger partial charge is 0.335 e. The van der Waals surface area contributed by atoms with E-state index in [1.54, 1.807) is 26.2 Å². The highest BCUT2D eigenvalue weighted by atomic mass is 16.4. The molecule has 0 aliphatic heterocycles. The first kappa shape index (κ1) is 16.5. The van der Waals surface area contributed by atoms with E-state index in [1.165, 1.54) is 17.0 Å². The maximum Gasteiger partial charge on any atom is 0.335 e. The highest BCUT2D eigenvalue weighted by molar-refractivity contribution is 5.87. The van der Waals surface area contributed by atoms with Crippen LogP contribution in [-0.2, 0) is 11.3 Å². The van der Waals surface area contributed by atoms with Gasteiger partial charge < -0.3 is 20.6 Å². The summed E-state index contributed by atoms with van der Waals surface area (Å²) in [6.45, 7) is 0.618. The molecule has 0 atom stereocenters. The second kappa shape index (κ2) is 7.88. The van der Waals surface area contributed by atoms with Crippen LogP contribution < -0.4 is 10.6 Å². The van der Waals surface area contributed by atoms with E-state index < -0.39 is 5.97 Å². The van der Waals surface area contributed by atoms with Gasteiger partial charge in [-0.3, -0.25) is 4.79 Å². The number of carbonyl (C=O) groups excluding carboxylic acids is 2. The Morgan fingerprint density at radius 3 is 2.33 bits per heavy atom. The molecule has 7 nitrogen and oxygen atoms in total. The zero-order valence-electron chi connectivity index (χ0n) is 12.0. The molecule has 0 spiro atoms. The summed E-state index contributed by atoms with van der Waals surface area (Å²) in [7, 11) is 3.15. The summed E-state index contributed by atoms with van der Waals surface area (Å²) in [5.41, 5.74) is 1.00. The predicted molar refractivity (Wildman–Crippen MR) is 77.0 cm³/mol. The molecule has 0 fully saturated rings. The number of benzene rings is 1. The molecule has 1 aromatic rings. The third-order valence-corrected chi connectivity index (χ3v) is 2.94. The number of hydrogen-bond acceptors (Lipinski definition) is 3. The van der Waals surface area contributed by atoms with Gasteiger partial charge in [-0.15, -0.1) is 0 Å². The van der Waals surface area contributed by atoms with Gasteiger partial charge in [0.15, 0.2) is 0 Å². The monoisotopic (exact) mass is 293 g/mol. The van der Waals surface area contributed by atoms with Crippen molar-refractivity contribution in [2.75, 3.05) is 20.6 Å². The van der Waals surface area contributed by atoms with Crippen molar-refractivity contribution in [3.05, 3.63) is 35.4 Å². The third-order valence-electron chi connectivity index (χ3n) is 2.94. The highest BCUT2D eigenvalue weighted by Gasteiger charge is 2.09. The molecule has 21 heavy (non-hydrogen) atoms. The molecular formula is C14H19N3O4. The summed E-state index contributed by atoms with van der Waals surface area (Å²) in [4.78, 5) is 35.0. The largest absolute Gasteiger partial charge is 0.478 e. The topological polar surface area (TPSA) is 98.7 Å². The van der Waals surface area contributed by atoms with E-state index in [0.717, 1.165) is 5.56 Å². The molecule has 0 unspecified atom stereocenters. The maximum absolute atomic E-state index is 11.8. The highest BCUT2D eigenvalue weighted by Crippen LogP contribution is 2.04. The van der Waals surface area contributed by atoms with Crippen LogP contribution in [-0.4, -0.2) is 48.6 Å². The molecule has 0 aromatic heterocycles. The Morgan fingerprint density at radius 2 is 1.81 bits per heavy atom. The Kier molecular flexibility index (Phi) is 6.19. The zero-order valence-corrected chi connectivity index (χ0v) is 12.0. The van der Waals surface area contributed by atoms with Crippen molar-refractivity contribution < 1.29 is 19.5 Å². The van der Waals surface area contributed by atoms with E-state index in [0.29, 0.717) is 13.1 Å². The molecule has 0 aliphatic carbocycles. The molecule has 3 amide bonds. The molecule has 114 valence electrons. The van der Waals surface area contributed by atoms with E-state index in [9.17, 15) is 14.4 Å². The molecule has 1 aromatic carbocycles. The van der Waals surface area contributed by atoms with E-state index in [-0.39, 0.29) is 23.9 Å². The van der Waals surface area contributed by atoms with Gasteiger partial charge in [-0.1, -0.05) is 12.1 Å².